The van der Waals surface area contributed by atoms with Crippen molar-refractivity contribution in [3.8, 4) is 11.3 Å². The summed E-state index contributed by atoms with van der Waals surface area (Å²) < 4.78 is 14.0. The molecule has 0 fully saturated rings. The number of rotatable bonds is 4. The van der Waals surface area contributed by atoms with Crippen LogP contribution in [0.5, 0.6) is 0 Å². The van der Waals surface area contributed by atoms with Gasteiger partial charge in [-0.2, -0.15) is 0 Å². The van der Waals surface area contributed by atoms with E-state index in [1.807, 2.05) is 49.3 Å². The zero-order chi connectivity index (χ0) is 17.3. The summed E-state index contributed by atoms with van der Waals surface area (Å²) in [7, 11) is 3.82. The minimum atomic E-state index is -0.215. The molecule has 1 aromatic heterocycles. The van der Waals surface area contributed by atoms with E-state index in [0.717, 1.165) is 27.7 Å². The molecule has 2 nitrogen and oxygen atoms in total. The molecule has 3 rings (SSSR count). The summed E-state index contributed by atoms with van der Waals surface area (Å²) in [6.07, 6.45) is 1.77. The van der Waals surface area contributed by atoms with Gasteiger partial charge in [0.25, 0.3) is 0 Å². The van der Waals surface area contributed by atoms with Crippen LogP contribution in [0.2, 0.25) is 5.02 Å². The van der Waals surface area contributed by atoms with Crippen LogP contribution < -0.4 is 0 Å². The van der Waals surface area contributed by atoms with E-state index < -0.39 is 0 Å². The quantitative estimate of drug-likeness (QED) is 0.632. The molecule has 0 N–H and O–H groups in total. The molecular formula is C20H18ClFN2. The Kier molecular flexibility index (Phi) is 4.65. The van der Waals surface area contributed by atoms with E-state index in [9.17, 15) is 4.39 Å². The maximum atomic E-state index is 14.0. The number of halogens is 2. The van der Waals surface area contributed by atoms with Gasteiger partial charge in [-0.3, -0.25) is 0 Å². The lowest BCUT2D eigenvalue weighted by Crippen LogP contribution is -2.12. The SMILES string of the molecule is C=Cc1ccc2c(Cl)cc(-c3ccc(F)c(CN(C)C)c3)nc2c1. The number of aromatic nitrogens is 1. The van der Waals surface area contributed by atoms with Gasteiger partial charge >= 0.3 is 0 Å². The predicted octanol–water partition coefficient (Wildman–Crippen LogP) is 5.40. The van der Waals surface area contributed by atoms with Crippen LogP contribution in [-0.4, -0.2) is 24.0 Å². The van der Waals surface area contributed by atoms with Crippen LogP contribution in [0, 0.1) is 5.82 Å². The molecule has 24 heavy (non-hydrogen) atoms. The van der Waals surface area contributed by atoms with Crippen LogP contribution in [0.1, 0.15) is 11.1 Å². The lowest BCUT2D eigenvalue weighted by atomic mass is 10.0. The number of fused-ring (bicyclic) bond motifs is 1. The maximum Gasteiger partial charge on any atom is 0.127 e. The fraction of sp³-hybridized carbons (Fsp3) is 0.150. The Labute approximate surface area is 146 Å². The van der Waals surface area contributed by atoms with Gasteiger partial charge in [0.2, 0.25) is 0 Å². The van der Waals surface area contributed by atoms with Gasteiger partial charge in [0.15, 0.2) is 0 Å². The first-order valence-corrected chi connectivity index (χ1v) is 8.02. The van der Waals surface area contributed by atoms with Crippen molar-refractivity contribution >= 4 is 28.6 Å². The Hall–Kier alpha value is -2.23. The molecular weight excluding hydrogens is 323 g/mol. The van der Waals surface area contributed by atoms with E-state index >= 15 is 0 Å². The zero-order valence-electron chi connectivity index (χ0n) is 13.7. The molecule has 0 spiro atoms. The third kappa shape index (κ3) is 3.32. The van der Waals surface area contributed by atoms with Crippen LogP contribution in [0.25, 0.3) is 28.2 Å². The second-order valence-electron chi connectivity index (χ2n) is 6.01. The van der Waals surface area contributed by atoms with Gasteiger partial charge in [0, 0.05) is 23.1 Å². The van der Waals surface area contributed by atoms with E-state index in [0.29, 0.717) is 17.1 Å². The van der Waals surface area contributed by atoms with Crippen molar-refractivity contribution in [2.24, 2.45) is 0 Å². The Balaban J connectivity index is 2.13. The molecule has 0 radical (unpaired) electrons. The summed E-state index contributed by atoms with van der Waals surface area (Å²) in [5, 5.41) is 1.52. The molecule has 0 aliphatic rings. The lowest BCUT2D eigenvalue weighted by Gasteiger charge is -2.12. The second kappa shape index (κ2) is 6.71. The minimum Gasteiger partial charge on any atom is -0.305 e. The first-order chi connectivity index (χ1) is 11.5. The van der Waals surface area contributed by atoms with E-state index in [-0.39, 0.29) is 5.82 Å². The molecule has 0 saturated carbocycles. The van der Waals surface area contributed by atoms with E-state index in [2.05, 4.69) is 6.58 Å². The van der Waals surface area contributed by atoms with Crippen LogP contribution in [0.15, 0.2) is 49.0 Å². The minimum absolute atomic E-state index is 0.215. The van der Waals surface area contributed by atoms with Crippen LogP contribution in [0.4, 0.5) is 4.39 Å². The monoisotopic (exact) mass is 340 g/mol. The first kappa shape index (κ1) is 16.6. The number of pyridine rings is 1. The molecule has 0 bridgehead atoms. The van der Waals surface area contributed by atoms with Crippen LogP contribution >= 0.6 is 11.6 Å². The molecule has 0 saturated heterocycles. The highest BCUT2D eigenvalue weighted by Gasteiger charge is 2.10. The summed E-state index contributed by atoms with van der Waals surface area (Å²) in [6.45, 7) is 4.31. The average Bonchev–Trinajstić information content (AvgIpc) is 2.55. The van der Waals surface area contributed by atoms with Gasteiger partial charge in [0.05, 0.1) is 16.2 Å². The third-order valence-electron chi connectivity index (χ3n) is 3.85. The van der Waals surface area contributed by atoms with Crippen molar-refractivity contribution in [3.05, 3.63) is 71.0 Å². The van der Waals surface area contributed by atoms with Crippen LogP contribution in [-0.2, 0) is 6.54 Å². The smallest absolute Gasteiger partial charge is 0.127 e. The topological polar surface area (TPSA) is 16.1 Å². The molecule has 1 heterocycles. The third-order valence-corrected chi connectivity index (χ3v) is 4.16. The van der Waals surface area contributed by atoms with Crippen molar-refractivity contribution in [1.82, 2.24) is 9.88 Å². The Morgan fingerprint density at radius 1 is 1.17 bits per heavy atom. The van der Waals surface area contributed by atoms with E-state index in [1.165, 1.54) is 6.07 Å². The molecule has 2 aromatic carbocycles. The van der Waals surface area contributed by atoms with E-state index in [1.54, 1.807) is 12.1 Å². The van der Waals surface area contributed by atoms with Crippen molar-refractivity contribution in [1.29, 1.82) is 0 Å². The van der Waals surface area contributed by atoms with Gasteiger partial charge in [-0.25, -0.2) is 9.37 Å². The van der Waals surface area contributed by atoms with Gasteiger partial charge < -0.3 is 4.90 Å². The molecule has 122 valence electrons. The standard InChI is InChI=1S/C20H18ClFN2/c1-4-13-5-7-16-17(21)11-19(23-20(16)9-13)14-6-8-18(22)15(10-14)12-24(2)3/h4-11H,1,12H2,2-3H3. The Morgan fingerprint density at radius 2 is 1.96 bits per heavy atom. The van der Waals surface area contributed by atoms with Crippen molar-refractivity contribution in [2.45, 2.75) is 6.54 Å². The van der Waals surface area contributed by atoms with Gasteiger partial charge in [0.1, 0.15) is 5.82 Å². The molecule has 0 atom stereocenters. The van der Waals surface area contributed by atoms with E-state index in [4.69, 9.17) is 16.6 Å². The highest BCUT2D eigenvalue weighted by atomic mass is 35.5. The number of hydrogen-bond donors (Lipinski definition) is 0. The predicted molar refractivity (Wildman–Crippen MR) is 99.6 cm³/mol. The highest BCUT2D eigenvalue weighted by molar-refractivity contribution is 6.35. The second-order valence-corrected chi connectivity index (χ2v) is 6.42. The first-order valence-electron chi connectivity index (χ1n) is 7.64. The normalized spacial score (nSPS) is 11.2. The summed E-state index contributed by atoms with van der Waals surface area (Å²) >= 11 is 6.41. The van der Waals surface area contributed by atoms with Crippen LogP contribution in [0.3, 0.4) is 0 Å². The van der Waals surface area contributed by atoms with Gasteiger partial charge in [-0.05, 0) is 50.0 Å². The highest BCUT2D eigenvalue weighted by Crippen LogP contribution is 2.30. The van der Waals surface area contributed by atoms with Crippen molar-refractivity contribution in [2.75, 3.05) is 14.1 Å². The fourth-order valence-corrected chi connectivity index (χ4v) is 2.94. The zero-order valence-corrected chi connectivity index (χ0v) is 14.4. The molecule has 0 unspecified atom stereocenters. The molecule has 3 aromatic rings. The van der Waals surface area contributed by atoms with Gasteiger partial charge in [-0.15, -0.1) is 0 Å². The van der Waals surface area contributed by atoms with Crippen molar-refractivity contribution in [3.63, 3.8) is 0 Å². The summed E-state index contributed by atoms with van der Waals surface area (Å²) in [5.74, 6) is -0.215. The number of hydrogen-bond acceptors (Lipinski definition) is 2. The van der Waals surface area contributed by atoms with Crippen molar-refractivity contribution < 1.29 is 4.39 Å². The summed E-state index contributed by atoms with van der Waals surface area (Å²) in [5.41, 5.74) is 3.99. The summed E-state index contributed by atoms with van der Waals surface area (Å²) in [4.78, 5) is 6.63. The Bertz CT molecular complexity index is 919. The molecule has 0 aliphatic carbocycles. The number of benzene rings is 2. The Morgan fingerprint density at radius 3 is 2.67 bits per heavy atom. The number of nitrogens with zero attached hydrogens (tertiary/aromatic N) is 2. The lowest BCUT2D eigenvalue weighted by molar-refractivity contribution is 0.392. The average molecular weight is 341 g/mol. The molecule has 0 amide bonds. The molecule has 0 aliphatic heterocycles. The summed E-state index contributed by atoms with van der Waals surface area (Å²) in [6, 6.07) is 12.7. The van der Waals surface area contributed by atoms with Gasteiger partial charge in [-0.1, -0.05) is 36.4 Å². The fourth-order valence-electron chi connectivity index (χ4n) is 2.67. The molecule has 4 heteroatoms. The largest absolute Gasteiger partial charge is 0.305 e. The maximum absolute atomic E-state index is 14.0.